The first-order valence-electron chi connectivity index (χ1n) is 5.79. The molecule has 1 N–H and O–H groups in total. The van der Waals surface area contributed by atoms with Crippen molar-refractivity contribution in [2.45, 2.75) is 31.4 Å². The molecule has 1 atom stereocenters. The summed E-state index contributed by atoms with van der Waals surface area (Å²) in [6.45, 7) is 3.71. The van der Waals surface area contributed by atoms with Crippen LogP contribution in [0.2, 0.25) is 0 Å². The van der Waals surface area contributed by atoms with Gasteiger partial charge in [-0.2, -0.15) is 0 Å². The normalized spacial score (nSPS) is 37.3. The SMILES string of the molecule is CN1CCC(C2(F)CCCNC2)CC1. The van der Waals surface area contributed by atoms with Gasteiger partial charge in [0.1, 0.15) is 5.67 Å². The average molecular weight is 200 g/mol. The molecule has 2 saturated heterocycles. The van der Waals surface area contributed by atoms with Crippen LogP contribution in [0.3, 0.4) is 0 Å². The molecule has 82 valence electrons. The standard InChI is InChI=1S/C11H21FN2/c1-14-7-3-10(4-8-14)11(12)5-2-6-13-9-11/h10,13H,2-9H2,1H3. The second-order valence-corrected chi connectivity index (χ2v) is 4.89. The summed E-state index contributed by atoms with van der Waals surface area (Å²) in [5.41, 5.74) is -0.903. The molecule has 0 aromatic heterocycles. The molecule has 1 unspecified atom stereocenters. The molecule has 2 fully saturated rings. The lowest BCUT2D eigenvalue weighted by atomic mass is 9.78. The predicted octanol–water partition coefficient (Wildman–Crippen LogP) is 1.42. The molecule has 0 aromatic rings. The Morgan fingerprint density at radius 1 is 1.36 bits per heavy atom. The first kappa shape index (κ1) is 10.4. The molecule has 0 aliphatic carbocycles. The maximum atomic E-state index is 14.5. The molecule has 0 amide bonds. The molecule has 2 aliphatic rings. The minimum absolute atomic E-state index is 0.298. The number of nitrogens with one attached hydrogen (secondary N) is 1. The van der Waals surface area contributed by atoms with E-state index in [0.717, 1.165) is 45.3 Å². The lowest BCUT2D eigenvalue weighted by Gasteiger charge is -2.41. The quantitative estimate of drug-likeness (QED) is 0.688. The van der Waals surface area contributed by atoms with E-state index in [1.165, 1.54) is 0 Å². The minimum atomic E-state index is -0.903. The number of alkyl halides is 1. The third-order valence-corrected chi connectivity index (χ3v) is 3.82. The van der Waals surface area contributed by atoms with Crippen molar-refractivity contribution >= 4 is 0 Å². The van der Waals surface area contributed by atoms with Gasteiger partial charge in [0.25, 0.3) is 0 Å². The number of nitrogens with zero attached hydrogens (tertiary/aromatic N) is 1. The van der Waals surface area contributed by atoms with Crippen LogP contribution in [0.4, 0.5) is 4.39 Å². The van der Waals surface area contributed by atoms with Gasteiger partial charge in [-0.25, -0.2) is 4.39 Å². The van der Waals surface area contributed by atoms with Crippen LogP contribution in [0.25, 0.3) is 0 Å². The molecule has 3 heteroatoms. The molecule has 2 heterocycles. The van der Waals surface area contributed by atoms with E-state index in [1.54, 1.807) is 0 Å². The van der Waals surface area contributed by atoms with Crippen molar-refractivity contribution in [1.29, 1.82) is 0 Å². The Labute approximate surface area is 85.9 Å². The topological polar surface area (TPSA) is 15.3 Å². The Bertz CT molecular complexity index is 182. The largest absolute Gasteiger partial charge is 0.314 e. The van der Waals surface area contributed by atoms with Gasteiger partial charge < -0.3 is 10.2 Å². The van der Waals surface area contributed by atoms with E-state index in [2.05, 4.69) is 17.3 Å². The van der Waals surface area contributed by atoms with Crippen molar-refractivity contribution in [3.05, 3.63) is 0 Å². The van der Waals surface area contributed by atoms with E-state index in [1.807, 2.05) is 0 Å². The summed E-state index contributed by atoms with van der Waals surface area (Å²) in [7, 11) is 2.13. The fourth-order valence-electron chi connectivity index (χ4n) is 2.77. The number of rotatable bonds is 1. The molecule has 2 rings (SSSR count). The zero-order chi connectivity index (χ0) is 10.0. The monoisotopic (exact) mass is 200 g/mol. The van der Waals surface area contributed by atoms with Gasteiger partial charge in [-0.05, 0) is 58.3 Å². The van der Waals surface area contributed by atoms with Crippen LogP contribution in [0, 0.1) is 5.92 Å². The fraction of sp³-hybridized carbons (Fsp3) is 1.00. The minimum Gasteiger partial charge on any atom is -0.314 e. The van der Waals surface area contributed by atoms with Gasteiger partial charge in [0, 0.05) is 6.54 Å². The second-order valence-electron chi connectivity index (χ2n) is 4.89. The summed E-state index contributed by atoms with van der Waals surface area (Å²) in [6, 6.07) is 0. The fourth-order valence-corrected chi connectivity index (χ4v) is 2.77. The molecule has 0 saturated carbocycles. The summed E-state index contributed by atoms with van der Waals surface area (Å²) in [6.07, 6.45) is 3.85. The van der Waals surface area contributed by atoms with E-state index < -0.39 is 5.67 Å². The summed E-state index contributed by atoms with van der Waals surface area (Å²) in [5, 5.41) is 3.20. The van der Waals surface area contributed by atoms with Crippen LogP contribution in [0.5, 0.6) is 0 Å². The summed E-state index contributed by atoms with van der Waals surface area (Å²) in [5.74, 6) is 0.298. The molecule has 0 spiro atoms. The molecule has 0 aromatic carbocycles. The molecule has 2 nitrogen and oxygen atoms in total. The zero-order valence-electron chi connectivity index (χ0n) is 9.06. The van der Waals surface area contributed by atoms with Crippen molar-refractivity contribution in [3.8, 4) is 0 Å². The second kappa shape index (κ2) is 4.15. The predicted molar refractivity (Wildman–Crippen MR) is 56.2 cm³/mol. The number of hydrogen-bond acceptors (Lipinski definition) is 2. The highest BCUT2D eigenvalue weighted by Gasteiger charge is 2.40. The Morgan fingerprint density at radius 3 is 2.64 bits per heavy atom. The van der Waals surface area contributed by atoms with E-state index in [-0.39, 0.29) is 0 Å². The first-order chi connectivity index (χ1) is 6.71. The average Bonchev–Trinajstić information content (AvgIpc) is 2.19. The van der Waals surface area contributed by atoms with E-state index >= 15 is 0 Å². The molecular formula is C11H21FN2. The number of likely N-dealkylation sites (tertiary alicyclic amines) is 1. The van der Waals surface area contributed by atoms with E-state index in [9.17, 15) is 4.39 Å². The lowest BCUT2D eigenvalue weighted by molar-refractivity contribution is 0.0184. The van der Waals surface area contributed by atoms with Crippen molar-refractivity contribution in [2.24, 2.45) is 5.92 Å². The molecule has 14 heavy (non-hydrogen) atoms. The van der Waals surface area contributed by atoms with Crippen molar-refractivity contribution in [3.63, 3.8) is 0 Å². The van der Waals surface area contributed by atoms with Gasteiger partial charge in [0.2, 0.25) is 0 Å². The third kappa shape index (κ3) is 2.09. The maximum absolute atomic E-state index is 14.5. The summed E-state index contributed by atoms with van der Waals surface area (Å²) < 4.78 is 14.5. The highest BCUT2D eigenvalue weighted by molar-refractivity contribution is 4.93. The Kier molecular flexibility index (Phi) is 3.07. The highest BCUT2D eigenvalue weighted by Crippen LogP contribution is 2.35. The first-order valence-corrected chi connectivity index (χ1v) is 5.79. The van der Waals surface area contributed by atoms with Crippen LogP contribution in [0.1, 0.15) is 25.7 Å². The Balaban J connectivity index is 1.92. The summed E-state index contributed by atoms with van der Waals surface area (Å²) >= 11 is 0. The van der Waals surface area contributed by atoms with Gasteiger partial charge in [0.15, 0.2) is 0 Å². The highest BCUT2D eigenvalue weighted by atomic mass is 19.1. The van der Waals surface area contributed by atoms with Gasteiger partial charge in [-0.15, -0.1) is 0 Å². The van der Waals surface area contributed by atoms with Gasteiger partial charge >= 0.3 is 0 Å². The third-order valence-electron chi connectivity index (χ3n) is 3.82. The molecule has 2 aliphatic heterocycles. The van der Waals surface area contributed by atoms with Crippen LogP contribution in [0.15, 0.2) is 0 Å². The smallest absolute Gasteiger partial charge is 0.126 e. The number of halogens is 1. The molecular weight excluding hydrogens is 179 g/mol. The van der Waals surface area contributed by atoms with E-state index in [4.69, 9.17) is 0 Å². The van der Waals surface area contributed by atoms with Crippen LogP contribution in [-0.4, -0.2) is 43.8 Å². The van der Waals surface area contributed by atoms with Crippen LogP contribution < -0.4 is 5.32 Å². The Hall–Kier alpha value is -0.150. The van der Waals surface area contributed by atoms with Gasteiger partial charge in [-0.3, -0.25) is 0 Å². The number of hydrogen-bond donors (Lipinski definition) is 1. The van der Waals surface area contributed by atoms with Gasteiger partial charge in [-0.1, -0.05) is 0 Å². The Morgan fingerprint density at radius 2 is 2.07 bits per heavy atom. The van der Waals surface area contributed by atoms with Crippen LogP contribution in [-0.2, 0) is 0 Å². The number of piperidine rings is 2. The van der Waals surface area contributed by atoms with Crippen LogP contribution >= 0.6 is 0 Å². The zero-order valence-corrected chi connectivity index (χ0v) is 9.06. The van der Waals surface area contributed by atoms with Crippen molar-refractivity contribution < 1.29 is 4.39 Å². The lowest BCUT2D eigenvalue weighted by Crippen LogP contribution is -2.50. The summed E-state index contributed by atoms with van der Waals surface area (Å²) in [4.78, 5) is 2.30. The maximum Gasteiger partial charge on any atom is 0.126 e. The van der Waals surface area contributed by atoms with E-state index in [0.29, 0.717) is 12.5 Å². The van der Waals surface area contributed by atoms with Crippen molar-refractivity contribution in [2.75, 3.05) is 33.2 Å². The molecule has 0 radical (unpaired) electrons. The van der Waals surface area contributed by atoms with Crippen molar-refractivity contribution in [1.82, 2.24) is 10.2 Å². The van der Waals surface area contributed by atoms with Gasteiger partial charge in [0.05, 0.1) is 0 Å². The molecule has 0 bridgehead atoms.